The first kappa shape index (κ1) is 17.5. The van der Waals surface area contributed by atoms with Crippen LogP contribution in [-0.4, -0.2) is 23.9 Å². The molecule has 2 aliphatic rings. The first-order chi connectivity index (χ1) is 13.0. The number of nitrogens with zero attached hydrogens (tertiary/aromatic N) is 2. The lowest BCUT2D eigenvalue weighted by atomic mass is 9.97. The summed E-state index contributed by atoms with van der Waals surface area (Å²) >= 11 is 0. The van der Waals surface area contributed by atoms with E-state index in [1.54, 1.807) is 19.2 Å². The molecule has 1 aliphatic heterocycles. The van der Waals surface area contributed by atoms with Crippen molar-refractivity contribution in [3.05, 3.63) is 40.2 Å². The number of hydrogen-bond acceptors (Lipinski definition) is 4. The number of quaternary nitrogens is 1. The number of rotatable bonds is 3. The smallest absolute Gasteiger partial charge is 0.453 e. The van der Waals surface area contributed by atoms with Gasteiger partial charge in [-0.2, -0.15) is 10.1 Å². The van der Waals surface area contributed by atoms with Crippen LogP contribution < -0.4 is 20.3 Å². The molecule has 1 aromatic heterocycles. The van der Waals surface area contributed by atoms with Crippen molar-refractivity contribution < 1.29 is 19.3 Å². The maximum atomic E-state index is 11.7. The minimum absolute atomic E-state index is 0.0430. The Morgan fingerprint density at radius 3 is 2.85 bits per heavy atom. The Bertz CT molecular complexity index is 1110. The number of ether oxygens (including phenoxy) is 2. The van der Waals surface area contributed by atoms with Crippen molar-refractivity contribution in [2.24, 2.45) is 5.92 Å². The minimum atomic E-state index is -0.647. The highest BCUT2D eigenvalue weighted by atomic mass is 16.6. The molecule has 0 saturated heterocycles. The second kappa shape index (κ2) is 6.35. The highest BCUT2D eigenvalue weighted by Crippen LogP contribution is 2.32. The van der Waals surface area contributed by atoms with E-state index in [2.05, 4.69) is 29.7 Å². The van der Waals surface area contributed by atoms with Gasteiger partial charge in [-0.1, -0.05) is 13.0 Å². The summed E-state index contributed by atoms with van der Waals surface area (Å²) in [5.41, 5.74) is 2.66. The fraction of sp³-hybridized carbons (Fsp3) is 0.300. The van der Waals surface area contributed by atoms with Gasteiger partial charge in [0.15, 0.2) is 11.4 Å². The summed E-state index contributed by atoms with van der Waals surface area (Å²) in [5.74, 6) is 8.31. The summed E-state index contributed by atoms with van der Waals surface area (Å²) in [5, 5.41) is 11.6. The highest BCUT2D eigenvalue weighted by Gasteiger charge is 2.31. The predicted molar refractivity (Wildman–Crippen MR) is 99.4 cm³/mol. The monoisotopic (exact) mass is 364 g/mol. The summed E-state index contributed by atoms with van der Waals surface area (Å²) in [6.07, 6.45) is 3.46. The van der Waals surface area contributed by atoms with Gasteiger partial charge in [-0.25, -0.2) is 0 Å². The maximum Gasteiger partial charge on any atom is 0.515 e. The van der Waals surface area contributed by atoms with E-state index in [4.69, 9.17) is 15.3 Å². The van der Waals surface area contributed by atoms with Crippen molar-refractivity contribution in [2.75, 3.05) is 7.11 Å². The fourth-order valence-electron chi connectivity index (χ4n) is 3.92. The van der Waals surface area contributed by atoms with E-state index in [-0.39, 0.29) is 17.0 Å². The van der Waals surface area contributed by atoms with Crippen LogP contribution >= 0.6 is 0 Å². The first-order valence-corrected chi connectivity index (χ1v) is 8.84. The van der Waals surface area contributed by atoms with Gasteiger partial charge in [-0.3, -0.25) is 5.01 Å². The first-order valence-electron chi connectivity index (χ1n) is 8.84. The topological polar surface area (TPSA) is 92.5 Å². The maximum absolute atomic E-state index is 11.7. The van der Waals surface area contributed by atoms with Crippen molar-refractivity contribution in [1.82, 2.24) is 4.57 Å². The molecule has 27 heavy (non-hydrogen) atoms. The summed E-state index contributed by atoms with van der Waals surface area (Å²) in [4.78, 5) is 11.7. The van der Waals surface area contributed by atoms with Crippen LogP contribution in [-0.2, 0) is 11.3 Å². The van der Waals surface area contributed by atoms with E-state index in [0.717, 1.165) is 21.8 Å². The zero-order valence-electron chi connectivity index (χ0n) is 15.4. The van der Waals surface area contributed by atoms with Crippen molar-refractivity contribution in [3.63, 3.8) is 0 Å². The van der Waals surface area contributed by atoms with Crippen LogP contribution in [0.15, 0.2) is 18.2 Å². The molecule has 1 amide bonds. The van der Waals surface area contributed by atoms with Gasteiger partial charge in [-0.05, 0) is 25.1 Å². The molecule has 4 rings (SSSR count). The van der Waals surface area contributed by atoms with Crippen LogP contribution in [0.3, 0.4) is 0 Å². The molecule has 7 nitrogen and oxygen atoms in total. The van der Waals surface area contributed by atoms with E-state index >= 15 is 0 Å². The molecule has 1 aliphatic carbocycles. The van der Waals surface area contributed by atoms with Gasteiger partial charge in [0.2, 0.25) is 0 Å². The summed E-state index contributed by atoms with van der Waals surface area (Å²) in [6.45, 7) is 4.78. The third-order valence-corrected chi connectivity index (χ3v) is 5.24. The Hall–Kier alpha value is -2.92. The molecule has 3 unspecified atom stereocenters. The van der Waals surface area contributed by atoms with Gasteiger partial charge in [0.05, 0.1) is 17.4 Å². The molecule has 0 radical (unpaired) electrons. The molecule has 2 aromatic rings. The van der Waals surface area contributed by atoms with E-state index in [0.29, 0.717) is 23.5 Å². The Morgan fingerprint density at radius 1 is 1.41 bits per heavy atom. The van der Waals surface area contributed by atoms with Crippen LogP contribution in [0.5, 0.6) is 5.75 Å². The number of fused-ring (bicyclic) bond motifs is 2. The molecule has 3 atom stereocenters. The van der Waals surface area contributed by atoms with Gasteiger partial charge in [0.1, 0.15) is 6.07 Å². The number of aromatic nitrogens is 1. The Kier molecular flexibility index (Phi) is 4.12. The molecule has 1 aromatic carbocycles. The Morgan fingerprint density at radius 2 is 2.19 bits per heavy atom. The van der Waals surface area contributed by atoms with E-state index < -0.39 is 6.09 Å². The standard InChI is InChI=1S/C20H20N4O3/c1-4-23-16-9-17(26-3)11(2)7-13(16)14(10-21)19(23)12-5-6-15-18(8-12)27-20(25)24(15)22/h5-9,11,17,22,24H,4H2,1-3H3. The van der Waals surface area contributed by atoms with Crippen LogP contribution in [0.25, 0.3) is 29.3 Å². The van der Waals surface area contributed by atoms with Crippen molar-refractivity contribution in [2.45, 2.75) is 26.5 Å². The lowest BCUT2D eigenvalue weighted by Crippen LogP contribution is -3.01. The minimum Gasteiger partial charge on any atom is -0.453 e. The van der Waals surface area contributed by atoms with Crippen LogP contribution in [0.1, 0.15) is 19.4 Å². The van der Waals surface area contributed by atoms with E-state index in [1.807, 2.05) is 13.0 Å². The number of benzene rings is 1. The zero-order valence-corrected chi connectivity index (χ0v) is 15.4. The molecule has 7 heteroatoms. The summed E-state index contributed by atoms with van der Waals surface area (Å²) in [7, 11) is 1.69. The number of carbonyl (C=O) groups excluding carboxylic acids is 1. The van der Waals surface area contributed by atoms with Gasteiger partial charge < -0.3 is 19.9 Å². The number of nitriles is 1. The Labute approximate surface area is 156 Å². The average molecular weight is 364 g/mol. The molecular formula is C20H20N4O3. The normalized spacial score (nSPS) is 22.9. The van der Waals surface area contributed by atoms with Crippen molar-refractivity contribution >= 4 is 23.9 Å². The zero-order chi connectivity index (χ0) is 19.3. The van der Waals surface area contributed by atoms with Gasteiger partial charge in [0.25, 0.3) is 0 Å². The lowest BCUT2D eigenvalue weighted by Gasteiger charge is -2.19. The van der Waals surface area contributed by atoms with Gasteiger partial charge >= 0.3 is 6.09 Å². The molecule has 0 spiro atoms. The quantitative estimate of drug-likeness (QED) is 0.888. The van der Waals surface area contributed by atoms with Crippen LogP contribution in [0.2, 0.25) is 0 Å². The van der Waals surface area contributed by atoms with Crippen molar-refractivity contribution in [1.29, 1.82) is 5.26 Å². The number of methoxy groups -OCH3 is 1. The van der Waals surface area contributed by atoms with E-state index in [1.165, 1.54) is 0 Å². The van der Waals surface area contributed by atoms with Crippen molar-refractivity contribution in [3.8, 4) is 23.1 Å². The average Bonchev–Trinajstić information content (AvgIpc) is 3.13. The van der Waals surface area contributed by atoms with Crippen LogP contribution in [0, 0.1) is 17.2 Å². The van der Waals surface area contributed by atoms with E-state index in [9.17, 15) is 10.1 Å². The second-order valence-electron chi connectivity index (χ2n) is 6.75. The molecule has 0 saturated carbocycles. The molecule has 0 bridgehead atoms. The molecule has 2 heterocycles. The van der Waals surface area contributed by atoms with Crippen LogP contribution in [0.4, 0.5) is 10.5 Å². The highest BCUT2D eigenvalue weighted by molar-refractivity contribution is 5.79. The molecule has 0 fully saturated rings. The van der Waals surface area contributed by atoms with Gasteiger partial charge in [-0.15, -0.1) is 0 Å². The SMILES string of the molecule is CCn1c(-c2ccc3c(c2)OC(=O)[NH+]3[NH-])c(C#N)c2c1=CC(OC)C(C)C=2. The summed E-state index contributed by atoms with van der Waals surface area (Å²) < 4.78 is 12.8. The molecular weight excluding hydrogens is 344 g/mol. The third-order valence-electron chi connectivity index (χ3n) is 5.24. The Balaban J connectivity index is 1.99. The lowest BCUT2D eigenvalue weighted by molar-refractivity contribution is -0.680. The number of carbonyl (C=O) groups is 1. The molecule has 2 N–H and O–H groups in total. The number of amides is 1. The summed E-state index contributed by atoms with van der Waals surface area (Å²) in [6, 6.07) is 7.63. The third kappa shape index (κ3) is 2.50. The number of nitrogens with one attached hydrogen (secondary N) is 2. The van der Waals surface area contributed by atoms with Gasteiger partial charge in [0, 0.05) is 41.8 Å². The second-order valence-corrected chi connectivity index (χ2v) is 6.75. The predicted octanol–water partition coefficient (Wildman–Crippen LogP) is 1.27. The fourth-order valence-corrected chi connectivity index (χ4v) is 3.92. The molecule has 138 valence electrons. The largest absolute Gasteiger partial charge is 0.515 e. The number of hydrogen-bond donors (Lipinski definition) is 1.